The molecule has 0 heterocycles. The summed E-state index contributed by atoms with van der Waals surface area (Å²) in [4.78, 5) is 14.2. The third-order valence-corrected chi connectivity index (χ3v) is 1.74. The zero-order valence-electron chi connectivity index (χ0n) is 6.16. The predicted octanol–water partition coefficient (Wildman–Crippen LogP) is 2.06. The van der Waals surface area contributed by atoms with E-state index in [9.17, 15) is 4.79 Å². The van der Waals surface area contributed by atoms with Gasteiger partial charge in [-0.15, -0.1) is 11.6 Å². The van der Waals surface area contributed by atoms with E-state index in [1.54, 1.807) is 12.1 Å². The molecule has 0 aliphatic heterocycles. The van der Waals surface area contributed by atoms with Crippen LogP contribution in [0, 0.1) is 0 Å². The Morgan fingerprint density at radius 2 is 2.00 bits per heavy atom. The molecule has 0 saturated heterocycles. The lowest BCUT2D eigenvalue weighted by Crippen LogP contribution is -2.00. The van der Waals surface area contributed by atoms with E-state index >= 15 is 0 Å². The fourth-order valence-electron chi connectivity index (χ4n) is 0.783. The van der Waals surface area contributed by atoms with Crippen LogP contribution in [-0.2, 0) is 10.8 Å². The van der Waals surface area contributed by atoms with E-state index < -0.39 is 5.97 Å². The molecule has 1 aromatic rings. The monoisotopic (exact) mass is 186 g/mol. The zero-order chi connectivity index (χ0) is 8.97. The minimum absolute atomic E-state index is 0.298. The van der Waals surface area contributed by atoms with Crippen molar-refractivity contribution in [1.29, 1.82) is 0 Å². The molecule has 1 aromatic carbocycles. The van der Waals surface area contributed by atoms with Crippen LogP contribution in [0.15, 0.2) is 24.3 Å². The first-order valence-electron chi connectivity index (χ1n) is 3.28. The lowest BCUT2D eigenvalue weighted by molar-refractivity contribution is -0.182. The molecular formula is C8H7ClO3. The van der Waals surface area contributed by atoms with Crippen molar-refractivity contribution in [2.45, 2.75) is 5.88 Å². The minimum Gasteiger partial charge on any atom is -0.296 e. The molecule has 0 saturated carbocycles. The second kappa shape index (κ2) is 4.09. The fourth-order valence-corrected chi connectivity index (χ4v) is 0.961. The number of carbonyl (C=O) groups is 1. The number of alkyl halides is 1. The summed E-state index contributed by atoms with van der Waals surface area (Å²) < 4.78 is 0. The Balaban J connectivity index is 2.84. The summed E-state index contributed by atoms with van der Waals surface area (Å²) >= 11 is 5.53. The highest BCUT2D eigenvalue weighted by molar-refractivity contribution is 6.17. The van der Waals surface area contributed by atoms with E-state index in [4.69, 9.17) is 16.9 Å². The van der Waals surface area contributed by atoms with Gasteiger partial charge in [-0.25, -0.2) is 4.79 Å². The Kier molecular flexibility index (Phi) is 3.08. The highest BCUT2D eigenvalue weighted by atomic mass is 35.5. The van der Waals surface area contributed by atoms with E-state index in [-0.39, 0.29) is 0 Å². The van der Waals surface area contributed by atoms with Crippen molar-refractivity contribution in [3.05, 3.63) is 35.4 Å². The van der Waals surface area contributed by atoms with Crippen LogP contribution < -0.4 is 0 Å². The maximum Gasteiger partial charge on any atom is 0.372 e. The number of rotatable bonds is 2. The van der Waals surface area contributed by atoms with Crippen molar-refractivity contribution < 1.29 is 14.9 Å². The Bertz CT molecular complexity index is 268. The van der Waals surface area contributed by atoms with E-state index in [0.29, 0.717) is 11.4 Å². The maximum atomic E-state index is 10.7. The number of hydrogen-bond acceptors (Lipinski definition) is 3. The largest absolute Gasteiger partial charge is 0.372 e. The average molecular weight is 187 g/mol. The van der Waals surface area contributed by atoms with E-state index in [1.165, 1.54) is 12.1 Å². The van der Waals surface area contributed by atoms with Gasteiger partial charge in [0.1, 0.15) is 0 Å². The quantitative estimate of drug-likeness (QED) is 0.437. The Morgan fingerprint density at radius 3 is 2.42 bits per heavy atom. The van der Waals surface area contributed by atoms with Crippen LogP contribution in [0.3, 0.4) is 0 Å². The van der Waals surface area contributed by atoms with Crippen molar-refractivity contribution in [2.75, 3.05) is 0 Å². The second-order valence-electron chi connectivity index (χ2n) is 2.21. The molecule has 0 bridgehead atoms. The summed E-state index contributed by atoms with van der Waals surface area (Å²) in [6.45, 7) is 0. The third-order valence-electron chi connectivity index (χ3n) is 1.43. The normalized spacial score (nSPS) is 9.50. The van der Waals surface area contributed by atoms with Crippen molar-refractivity contribution in [2.24, 2.45) is 0 Å². The van der Waals surface area contributed by atoms with Crippen molar-refractivity contribution in [3.63, 3.8) is 0 Å². The minimum atomic E-state index is -0.767. The number of hydrogen-bond donors (Lipinski definition) is 1. The molecule has 3 nitrogen and oxygen atoms in total. The fraction of sp³-hybridized carbons (Fsp3) is 0.125. The molecule has 1 N–H and O–H groups in total. The molecule has 0 aliphatic carbocycles. The van der Waals surface area contributed by atoms with Gasteiger partial charge in [-0.3, -0.25) is 4.89 Å². The molecule has 0 fully saturated rings. The van der Waals surface area contributed by atoms with Crippen LogP contribution >= 0.6 is 11.6 Å². The van der Waals surface area contributed by atoms with Crippen LogP contribution in [0.2, 0.25) is 0 Å². The Hall–Kier alpha value is -1.06. The van der Waals surface area contributed by atoms with Gasteiger partial charge in [-0.05, 0) is 17.7 Å². The van der Waals surface area contributed by atoms with E-state index in [2.05, 4.69) is 4.89 Å². The molecule has 0 amide bonds. The van der Waals surface area contributed by atoms with Crippen LogP contribution in [-0.4, -0.2) is 11.2 Å². The van der Waals surface area contributed by atoms with Gasteiger partial charge in [0.05, 0.1) is 5.56 Å². The Morgan fingerprint density at radius 1 is 1.42 bits per heavy atom. The molecule has 1 rings (SSSR count). The zero-order valence-corrected chi connectivity index (χ0v) is 6.91. The van der Waals surface area contributed by atoms with Crippen LogP contribution in [0.1, 0.15) is 15.9 Å². The van der Waals surface area contributed by atoms with Gasteiger partial charge in [0.2, 0.25) is 0 Å². The first-order chi connectivity index (χ1) is 5.77. The van der Waals surface area contributed by atoms with Crippen LogP contribution in [0.25, 0.3) is 0 Å². The summed E-state index contributed by atoms with van der Waals surface area (Å²) in [5.74, 6) is -0.370. The molecule has 12 heavy (non-hydrogen) atoms. The lowest BCUT2D eigenvalue weighted by Gasteiger charge is -1.97. The van der Waals surface area contributed by atoms with Crippen molar-refractivity contribution in [1.82, 2.24) is 0 Å². The van der Waals surface area contributed by atoms with Gasteiger partial charge < -0.3 is 0 Å². The highest BCUT2D eigenvalue weighted by Crippen LogP contribution is 2.07. The molecule has 0 unspecified atom stereocenters. The first-order valence-corrected chi connectivity index (χ1v) is 3.82. The molecule has 0 radical (unpaired) electrons. The van der Waals surface area contributed by atoms with Gasteiger partial charge >= 0.3 is 5.97 Å². The van der Waals surface area contributed by atoms with Crippen molar-refractivity contribution in [3.8, 4) is 0 Å². The summed E-state index contributed by atoms with van der Waals surface area (Å²) in [5.41, 5.74) is 1.21. The molecule has 0 spiro atoms. The highest BCUT2D eigenvalue weighted by Gasteiger charge is 2.04. The molecular weight excluding hydrogens is 180 g/mol. The van der Waals surface area contributed by atoms with Gasteiger partial charge in [-0.1, -0.05) is 12.1 Å². The standard InChI is InChI=1S/C8H7ClO3/c9-5-6-1-3-7(4-2-6)8(10)12-11/h1-4,11H,5H2. The summed E-state index contributed by atoms with van der Waals surface area (Å²) in [7, 11) is 0. The lowest BCUT2D eigenvalue weighted by atomic mass is 10.1. The predicted molar refractivity (Wildman–Crippen MR) is 44.0 cm³/mol. The average Bonchev–Trinajstić information content (AvgIpc) is 2.17. The summed E-state index contributed by atoms with van der Waals surface area (Å²) in [6, 6.07) is 6.46. The molecule has 0 atom stereocenters. The van der Waals surface area contributed by atoms with Crippen LogP contribution in [0.5, 0.6) is 0 Å². The van der Waals surface area contributed by atoms with Crippen LogP contribution in [0.4, 0.5) is 0 Å². The molecule has 4 heteroatoms. The SMILES string of the molecule is O=C(OO)c1ccc(CCl)cc1. The molecule has 0 aliphatic rings. The number of carbonyl (C=O) groups excluding carboxylic acids is 1. The molecule has 64 valence electrons. The van der Waals surface area contributed by atoms with Gasteiger partial charge in [0.25, 0.3) is 0 Å². The smallest absolute Gasteiger partial charge is 0.296 e. The molecule has 0 aromatic heterocycles. The maximum absolute atomic E-state index is 10.7. The second-order valence-corrected chi connectivity index (χ2v) is 2.48. The first kappa shape index (κ1) is 9.03. The Labute approximate surface area is 74.5 Å². The van der Waals surface area contributed by atoms with E-state index in [1.807, 2.05) is 0 Å². The van der Waals surface area contributed by atoms with Gasteiger partial charge in [0, 0.05) is 5.88 Å². The number of benzene rings is 1. The third kappa shape index (κ3) is 1.96. The topological polar surface area (TPSA) is 46.5 Å². The summed E-state index contributed by atoms with van der Waals surface area (Å²) in [6.07, 6.45) is 0. The van der Waals surface area contributed by atoms with E-state index in [0.717, 1.165) is 5.56 Å². The number of halogens is 1. The summed E-state index contributed by atoms with van der Waals surface area (Å²) in [5, 5.41) is 8.04. The van der Waals surface area contributed by atoms with Gasteiger partial charge in [0.15, 0.2) is 0 Å². The van der Waals surface area contributed by atoms with Crippen molar-refractivity contribution >= 4 is 17.6 Å². The van der Waals surface area contributed by atoms with Gasteiger partial charge in [-0.2, -0.15) is 5.26 Å².